The molecule has 0 radical (unpaired) electrons. The molecule has 0 amide bonds. The zero-order valence-corrected chi connectivity index (χ0v) is 26.8. The highest BCUT2D eigenvalue weighted by Gasteiger charge is 2.17. The third-order valence-corrected chi connectivity index (χ3v) is 9.29. The van der Waals surface area contributed by atoms with Crippen molar-refractivity contribution in [1.82, 2.24) is 4.98 Å². The smallest absolute Gasteiger partial charge is 0.136 e. The fourth-order valence-corrected chi connectivity index (χ4v) is 6.90. The van der Waals surface area contributed by atoms with Crippen LogP contribution in [0, 0.1) is 0 Å². The maximum absolute atomic E-state index is 6.49. The van der Waals surface area contributed by atoms with E-state index in [2.05, 4.69) is 176 Å². The number of hydrogen-bond donors (Lipinski definition) is 0. The summed E-state index contributed by atoms with van der Waals surface area (Å²) in [5, 5.41) is 2.20. The van der Waals surface area contributed by atoms with Gasteiger partial charge in [-0.2, -0.15) is 0 Å². The molecule has 0 atom stereocenters. The van der Waals surface area contributed by atoms with Gasteiger partial charge in [-0.15, -0.1) is 0 Å². The summed E-state index contributed by atoms with van der Waals surface area (Å²) in [6.45, 7) is 0. The lowest BCUT2D eigenvalue weighted by Crippen LogP contribution is -1.91. The maximum Gasteiger partial charge on any atom is 0.136 e. The molecule has 230 valence electrons. The van der Waals surface area contributed by atoms with Gasteiger partial charge in [0.2, 0.25) is 0 Å². The van der Waals surface area contributed by atoms with Crippen LogP contribution in [0.15, 0.2) is 192 Å². The minimum Gasteiger partial charge on any atom is -0.456 e. The van der Waals surface area contributed by atoms with Crippen molar-refractivity contribution in [2.45, 2.75) is 0 Å². The molecule has 0 bridgehead atoms. The van der Waals surface area contributed by atoms with Crippen LogP contribution in [0.5, 0.6) is 0 Å². The number of nitrogens with zero attached hydrogens (tertiary/aromatic N) is 1. The van der Waals surface area contributed by atoms with Gasteiger partial charge in [-0.3, -0.25) is 0 Å². The van der Waals surface area contributed by atoms with Crippen LogP contribution >= 0.6 is 0 Å². The van der Waals surface area contributed by atoms with Crippen molar-refractivity contribution >= 4 is 21.9 Å². The lowest BCUT2D eigenvalue weighted by molar-refractivity contribution is 0.669. The molecule has 0 aliphatic rings. The van der Waals surface area contributed by atoms with Gasteiger partial charge in [0.15, 0.2) is 0 Å². The molecule has 7 aromatic carbocycles. The zero-order valence-electron chi connectivity index (χ0n) is 26.8. The van der Waals surface area contributed by atoms with E-state index in [1.54, 1.807) is 0 Å². The first-order chi connectivity index (χ1) is 24.3. The molecule has 0 fully saturated rings. The Morgan fingerprint density at radius 1 is 0.306 bits per heavy atom. The van der Waals surface area contributed by atoms with Crippen molar-refractivity contribution < 1.29 is 4.42 Å². The summed E-state index contributed by atoms with van der Waals surface area (Å²) in [4.78, 5) is 5.12. The van der Waals surface area contributed by atoms with E-state index >= 15 is 0 Å². The van der Waals surface area contributed by atoms with Gasteiger partial charge in [0.05, 0.1) is 11.4 Å². The summed E-state index contributed by atoms with van der Waals surface area (Å²) >= 11 is 0. The predicted molar refractivity (Wildman–Crippen MR) is 204 cm³/mol. The van der Waals surface area contributed by atoms with Gasteiger partial charge in [-0.25, -0.2) is 4.98 Å². The molecule has 49 heavy (non-hydrogen) atoms. The van der Waals surface area contributed by atoms with Crippen LogP contribution in [0.25, 0.3) is 89.0 Å². The third kappa shape index (κ3) is 5.40. The Morgan fingerprint density at radius 3 is 1.45 bits per heavy atom. The van der Waals surface area contributed by atoms with Crippen molar-refractivity contribution in [3.63, 3.8) is 0 Å². The van der Waals surface area contributed by atoms with Crippen LogP contribution in [0.1, 0.15) is 0 Å². The van der Waals surface area contributed by atoms with Gasteiger partial charge in [0.1, 0.15) is 11.2 Å². The van der Waals surface area contributed by atoms with Crippen LogP contribution in [0.3, 0.4) is 0 Å². The summed E-state index contributed by atoms with van der Waals surface area (Å²) < 4.78 is 6.49. The molecule has 2 nitrogen and oxygen atoms in total. The van der Waals surface area contributed by atoms with E-state index in [1.165, 1.54) is 22.3 Å². The molecule has 0 unspecified atom stereocenters. The molecule has 0 N–H and O–H groups in total. The summed E-state index contributed by atoms with van der Waals surface area (Å²) in [5.41, 5.74) is 15.1. The van der Waals surface area contributed by atoms with E-state index in [0.29, 0.717) is 0 Å². The van der Waals surface area contributed by atoms with E-state index in [9.17, 15) is 0 Å². The number of hydrogen-bond acceptors (Lipinski definition) is 2. The molecular formula is C47H31NO. The van der Waals surface area contributed by atoms with Gasteiger partial charge in [-0.1, -0.05) is 152 Å². The normalized spacial score (nSPS) is 11.3. The van der Waals surface area contributed by atoms with Gasteiger partial charge in [0.25, 0.3) is 0 Å². The minimum atomic E-state index is 0.869. The minimum absolute atomic E-state index is 0.869. The predicted octanol–water partition coefficient (Wildman–Crippen LogP) is 13.0. The lowest BCUT2D eigenvalue weighted by Gasteiger charge is -2.13. The molecule has 2 heterocycles. The Kier molecular flexibility index (Phi) is 7.18. The molecular weight excluding hydrogens is 595 g/mol. The highest BCUT2D eigenvalue weighted by molar-refractivity contribution is 6.13. The molecule has 2 aromatic heterocycles. The SMILES string of the molecule is c1ccc(-c2cc(-c3cccc4oc5ccc(-c6ccc(-c7ccccc7)c(-c7ccccc7)c6)cc5c34)cc(-c3ccccc3)n2)cc1. The molecule has 0 aliphatic carbocycles. The second kappa shape index (κ2) is 12.3. The van der Waals surface area contributed by atoms with Gasteiger partial charge in [0, 0.05) is 21.9 Å². The Morgan fingerprint density at radius 2 is 0.837 bits per heavy atom. The van der Waals surface area contributed by atoms with Crippen molar-refractivity contribution in [2.24, 2.45) is 0 Å². The molecule has 2 heteroatoms. The first kappa shape index (κ1) is 28.7. The zero-order chi connectivity index (χ0) is 32.6. The standard InChI is InChI=1S/C47H31NO/c1-5-14-32(15-6-1)39-26-24-36(28-41(39)33-16-7-2-8-17-33)37-25-27-45-42(29-37)47-40(22-13-23-46(47)49-45)38-30-43(34-18-9-3-10-19-34)48-44(31-38)35-20-11-4-12-21-35/h1-31H. The number of furan rings is 1. The second-order valence-electron chi connectivity index (χ2n) is 12.3. The van der Waals surface area contributed by atoms with Crippen molar-refractivity contribution in [3.05, 3.63) is 188 Å². The van der Waals surface area contributed by atoms with E-state index in [1.807, 2.05) is 12.1 Å². The van der Waals surface area contributed by atoms with Crippen LogP contribution < -0.4 is 0 Å². The molecule has 0 saturated carbocycles. The van der Waals surface area contributed by atoms with Crippen LogP contribution in [-0.2, 0) is 0 Å². The largest absolute Gasteiger partial charge is 0.456 e. The van der Waals surface area contributed by atoms with Crippen molar-refractivity contribution in [1.29, 1.82) is 0 Å². The highest BCUT2D eigenvalue weighted by atomic mass is 16.3. The van der Waals surface area contributed by atoms with E-state index in [0.717, 1.165) is 66.7 Å². The number of aromatic nitrogens is 1. The Balaban J connectivity index is 1.23. The molecule has 0 saturated heterocycles. The lowest BCUT2D eigenvalue weighted by atomic mass is 9.90. The van der Waals surface area contributed by atoms with Gasteiger partial charge < -0.3 is 4.42 Å². The summed E-state index contributed by atoms with van der Waals surface area (Å²) in [5.74, 6) is 0. The van der Waals surface area contributed by atoms with E-state index in [4.69, 9.17) is 9.40 Å². The van der Waals surface area contributed by atoms with Gasteiger partial charge in [-0.05, 0) is 80.9 Å². The summed E-state index contributed by atoms with van der Waals surface area (Å²) in [6.07, 6.45) is 0. The molecule has 9 aromatic rings. The van der Waals surface area contributed by atoms with Crippen molar-refractivity contribution in [2.75, 3.05) is 0 Å². The van der Waals surface area contributed by atoms with E-state index < -0.39 is 0 Å². The summed E-state index contributed by atoms with van der Waals surface area (Å²) in [6, 6.07) is 66.2. The first-order valence-electron chi connectivity index (χ1n) is 16.6. The van der Waals surface area contributed by atoms with Crippen LogP contribution in [0.4, 0.5) is 0 Å². The fourth-order valence-electron chi connectivity index (χ4n) is 6.90. The van der Waals surface area contributed by atoms with Gasteiger partial charge >= 0.3 is 0 Å². The number of fused-ring (bicyclic) bond motifs is 3. The van der Waals surface area contributed by atoms with Crippen molar-refractivity contribution in [3.8, 4) is 67.0 Å². The second-order valence-corrected chi connectivity index (χ2v) is 12.3. The number of benzene rings is 7. The quantitative estimate of drug-likeness (QED) is 0.184. The topological polar surface area (TPSA) is 26.0 Å². The van der Waals surface area contributed by atoms with Crippen LogP contribution in [0.2, 0.25) is 0 Å². The highest BCUT2D eigenvalue weighted by Crippen LogP contribution is 2.41. The fraction of sp³-hybridized carbons (Fsp3) is 0. The van der Waals surface area contributed by atoms with Crippen LogP contribution in [-0.4, -0.2) is 4.98 Å². The Labute approximate surface area is 285 Å². The Hall–Kier alpha value is -6.51. The summed E-state index contributed by atoms with van der Waals surface area (Å²) in [7, 11) is 0. The molecule has 0 spiro atoms. The number of rotatable bonds is 6. The average molecular weight is 626 g/mol. The molecule has 0 aliphatic heterocycles. The third-order valence-electron chi connectivity index (χ3n) is 9.29. The van der Waals surface area contributed by atoms with E-state index in [-0.39, 0.29) is 0 Å². The first-order valence-corrected chi connectivity index (χ1v) is 16.6. The monoisotopic (exact) mass is 625 g/mol. The average Bonchev–Trinajstić information content (AvgIpc) is 3.57. The maximum atomic E-state index is 6.49. The Bertz CT molecular complexity index is 2510. The number of pyridine rings is 1. The molecule has 9 rings (SSSR count).